The fourth-order valence-corrected chi connectivity index (χ4v) is 1.34. The first kappa shape index (κ1) is 11.6. The molecule has 0 aliphatic carbocycles. The summed E-state index contributed by atoms with van der Waals surface area (Å²) >= 11 is 0. The Morgan fingerprint density at radius 3 is 2.33 bits per heavy atom. The van der Waals surface area contributed by atoms with Gasteiger partial charge >= 0.3 is 0 Å². The topological polar surface area (TPSA) is 30.8 Å². The van der Waals surface area contributed by atoms with Crippen LogP contribution in [0.4, 0.5) is 0 Å². The molecule has 0 radical (unpaired) electrons. The van der Waals surface area contributed by atoms with Crippen molar-refractivity contribution in [2.75, 3.05) is 6.61 Å². The van der Waals surface area contributed by atoms with Crippen molar-refractivity contribution in [2.24, 2.45) is 5.16 Å². The van der Waals surface area contributed by atoms with Gasteiger partial charge in [-0.1, -0.05) is 6.07 Å². The maximum Gasteiger partial charge on any atom is 0.223 e. The van der Waals surface area contributed by atoms with E-state index in [0.717, 1.165) is 16.9 Å². The predicted molar refractivity (Wildman–Crippen MR) is 61.3 cm³/mol. The Bertz CT molecular complexity index is 338. The molecule has 3 nitrogen and oxygen atoms in total. The first-order valence-corrected chi connectivity index (χ1v) is 5.04. The van der Waals surface area contributed by atoms with Gasteiger partial charge in [-0.15, -0.1) is 0 Å². The van der Waals surface area contributed by atoms with Crippen LogP contribution in [0.2, 0.25) is 0 Å². The number of nitrogens with zero attached hydrogens (tertiary/aromatic N) is 1. The van der Waals surface area contributed by atoms with Crippen LogP contribution in [0.25, 0.3) is 0 Å². The first-order chi connectivity index (χ1) is 7.11. The van der Waals surface area contributed by atoms with Crippen LogP contribution in [-0.4, -0.2) is 12.5 Å². The zero-order valence-corrected chi connectivity index (χ0v) is 9.70. The highest BCUT2D eigenvalue weighted by molar-refractivity contribution is 5.72. The Hall–Kier alpha value is -1.51. The van der Waals surface area contributed by atoms with E-state index in [1.165, 1.54) is 0 Å². The summed E-state index contributed by atoms with van der Waals surface area (Å²) in [5.74, 6) is 1.28. The molecule has 0 heterocycles. The SMILES string of the molecule is CCO/C(C)=N\Oc1cc(C)cc(C)c1. The molecule has 0 amide bonds. The number of hydrogen-bond acceptors (Lipinski definition) is 3. The Morgan fingerprint density at radius 2 is 1.80 bits per heavy atom. The van der Waals surface area contributed by atoms with Crippen molar-refractivity contribution in [3.63, 3.8) is 0 Å². The molecule has 1 rings (SSSR count). The number of rotatable bonds is 3. The lowest BCUT2D eigenvalue weighted by Crippen LogP contribution is -2.01. The van der Waals surface area contributed by atoms with Gasteiger partial charge in [0.15, 0.2) is 5.75 Å². The monoisotopic (exact) mass is 207 g/mol. The molecule has 0 unspecified atom stereocenters. The van der Waals surface area contributed by atoms with Crippen molar-refractivity contribution in [2.45, 2.75) is 27.7 Å². The van der Waals surface area contributed by atoms with E-state index in [0.29, 0.717) is 12.5 Å². The van der Waals surface area contributed by atoms with E-state index < -0.39 is 0 Å². The molecular weight excluding hydrogens is 190 g/mol. The summed E-state index contributed by atoms with van der Waals surface area (Å²) in [6, 6.07) is 5.97. The molecule has 0 aliphatic rings. The van der Waals surface area contributed by atoms with Gasteiger partial charge < -0.3 is 9.57 Å². The summed E-state index contributed by atoms with van der Waals surface area (Å²) in [5, 5.41) is 3.86. The first-order valence-electron chi connectivity index (χ1n) is 5.04. The summed E-state index contributed by atoms with van der Waals surface area (Å²) in [6.07, 6.45) is 0. The third-order valence-electron chi connectivity index (χ3n) is 1.83. The lowest BCUT2D eigenvalue weighted by atomic mass is 10.1. The number of ether oxygens (including phenoxy) is 1. The van der Waals surface area contributed by atoms with Crippen LogP contribution in [0.1, 0.15) is 25.0 Å². The number of benzene rings is 1. The third-order valence-corrected chi connectivity index (χ3v) is 1.83. The summed E-state index contributed by atoms with van der Waals surface area (Å²) < 4.78 is 5.15. The van der Waals surface area contributed by atoms with Gasteiger partial charge in [-0.25, -0.2) is 0 Å². The van der Waals surface area contributed by atoms with Crippen LogP contribution in [-0.2, 0) is 4.74 Å². The van der Waals surface area contributed by atoms with E-state index in [9.17, 15) is 0 Å². The van der Waals surface area contributed by atoms with E-state index in [4.69, 9.17) is 9.57 Å². The standard InChI is InChI=1S/C12H17NO2/c1-5-14-11(4)13-15-12-7-9(2)6-10(3)8-12/h6-8H,5H2,1-4H3/b13-11-. The van der Waals surface area contributed by atoms with Gasteiger partial charge in [-0.3, -0.25) is 0 Å². The van der Waals surface area contributed by atoms with Gasteiger partial charge in [0.2, 0.25) is 5.90 Å². The number of aryl methyl sites for hydroxylation is 2. The van der Waals surface area contributed by atoms with Crippen LogP contribution < -0.4 is 4.84 Å². The average molecular weight is 207 g/mol. The normalized spacial score (nSPS) is 11.3. The Kier molecular flexibility index (Phi) is 4.16. The molecule has 0 aliphatic heterocycles. The van der Waals surface area contributed by atoms with Crippen molar-refractivity contribution in [1.82, 2.24) is 0 Å². The van der Waals surface area contributed by atoms with E-state index >= 15 is 0 Å². The van der Waals surface area contributed by atoms with E-state index in [1.54, 1.807) is 6.92 Å². The minimum atomic E-state index is 0.539. The molecule has 82 valence electrons. The van der Waals surface area contributed by atoms with Crippen LogP contribution in [0, 0.1) is 13.8 Å². The molecule has 0 saturated carbocycles. The maximum atomic E-state index is 5.24. The highest BCUT2D eigenvalue weighted by Gasteiger charge is 1.97. The van der Waals surface area contributed by atoms with Gasteiger partial charge in [0.05, 0.1) is 6.61 Å². The van der Waals surface area contributed by atoms with E-state index in [1.807, 2.05) is 32.9 Å². The highest BCUT2D eigenvalue weighted by atomic mass is 16.6. The highest BCUT2D eigenvalue weighted by Crippen LogP contribution is 2.16. The van der Waals surface area contributed by atoms with Crippen LogP contribution in [0.15, 0.2) is 23.4 Å². The van der Waals surface area contributed by atoms with Crippen LogP contribution >= 0.6 is 0 Å². The third kappa shape index (κ3) is 4.02. The second-order valence-electron chi connectivity index (χ2n) is 3.46. The summed E-state index contributed by atoms with van der Waals surface area (Å²) in [4.78, 5) is 5.24. The minimum absolute atomic E-state index is 0.539. The summed E-state index contributed by atoms with van der Waals surface area (Å²) in [5.41, 5.74) is 2.32. The summed E-state index contributed by atoms with van der Waals surface area (Å²) in [6.45, 7) is 8.34. The zero-order valence-electron chi connectivity index (χ0n) is 9.70. The van der Waals surface area contributed by atoms with Crippen LogP contribution in [0.3, 0.4) is 0 Å². The van der Waals surface area contributed by atoms with Gasteiger partial charge in [0.25, 0.3) is 0 Å². The fraction of sp³-hybridized carbons (Fsp3) is 0.417. The molecular formula is C12H17NO2. The molecule has 0 fully saturated rings. The summed E-state index contributed by atoms with van der Waals surface area (Å²) in [7, 11) is 0. The lowest BCUT2D eigenvalue weighted by Gasteiger charge is -2.04. The van der Waals surface area contributed by atoms with E-state index in [2.05, 4.69) is 11.2 Å². The van der Waals surface area contributed by atoms with Crippen molar-refractivity contribution >= 4 is 5.90 Å². The van der Waals surface area contributed by atoms with Crippen molar-refractivity contribution in [3.05, 3.63) is 29.3 Å². The maximum absolute atomic E-state index is 5.24. The van der Waals surface area contributed by atoms with Gasteiger partial charge in [0.1, 0.15) is 0 Å². The quantitative estimate of drug-likeness (QED) is 0.433. The molecule has 1 aromatic rings. The Labute approximate surface area is 90.7 Å². The van der Waals surface area contributed by atoms with Gasteiger partial charge in [0, 0.05) is 6.92 Å². The lowest BCUT2D eigenvalue weighted by molar-refractivity contribution is 0.275. The average Bonchev–Trinajstić information content (AvgIpc) is 2.14. The zero-order chi connectivity index (χ0) is 11.3. The van der Waals surface area contributed by atoms with Crippen LogP contribution in [0.5, 0.6) is 5.75 Å². The fourth-order valence-electron chi connectivity index (χ4n) is 1.34. The Morgan fingerprint density at radius 1 is 1.20 bits per heavy atom. The molecule has 0 aromatic heterocycles. The molecule has 0 bridgehead atoms. The van der Waals surface area contributed by atoms with Gasteiger partial charge in [-0.2, -0.15) is 0 Å². The van der Waals surface area contributed by atoms with Crippen molar-refractivity contribution < 1.29 is 9.57 Å². The van der Waals surface area contributed by atoms with Gasteiger partial charge in [-0.05, 0) is 49.2 Å². The molecule has 0 saturated heterocycles. The molecule has 0 atom stereocenters. The predicted octanol–water partition coefficient (Wildman–Crippen LogP) is 3.05. The molecule has 0 N–H and O–H groups in total. The smallest absolute Gasteiger partial charge is 0.223 e. The molecule has 1 aromatic carbocycles. The van der Waals surface area contributed by atoms with Crippen molar-refractivity contribution in [3.8, 4) is 5.75 Å². The van der Waals surface area contributed by atoms with E-state index in [-0.39, 0.29) is 0 Å². The Balaban J connectivity index is 2.68. The largest absolute Gasteiger partial charge is 0.479 e. The molecule has 3 heteroatoms. The minimum Gasteiger partial charge on any atom is -0.479 e. The second kappa shape index (κ2) is 5.39. The molecule has 0 spiro atoms. The van der Waals surface area contributed by atoms with Crippen molar-refractivity contribution in [1.29, 1.82) is 0 Å². The number of oxime groups is 1. The number of hydrogen-bond donors (Lipinski definition) is 0. The second-order valence-corrected chi connectivity index (χ2v) is 3.46. The molecule has 15 heavy (non-hydrogen) atoms.